The third-order valence-electron chi connectivity index (χ3n) is 2.59. The van der Waals surface area contributed by atoms with E-state index in [1.807, 2.05) is 0 Å². The molecule has 0 aliphatic heterocycles. The number of benzene rings is 1. The maximum Gasteiger partial charge on any atom is 0.315 e. The molecule has 0 saturated heterocycles. The standard InChI is InChI=1S/C13H17FN2O4/c1-20-11(6-12(17)18)8-16-13(19)15-7-9-2-4-10(14)5-3-9/h2-5,11H,6-8H2,1H3,(H,17,18)(H2,15,16,19). The Bertz CT molecular complexity index is 450. The lowest BCUT2D eigenvalue weighted by Gasteiger charge is -2.14. The van der Waals surface area contributed by atoms with Crippen LogP contribution in [0.2, 0.25) is 0 Å². The molecule has 1 unspecified atom stereocenters. The molecule has 1 aromatic rings. The van der Waals surface area contributed by atoms with E-state index in [9.17, 15) is 14.0 Å². The molecule has 0 aromatic heterocycles. The van der Waals surface area contributed by atoms with E-state index in [1.165, 1.54) is 19.2 Å². The van der Waals surface area contributed by atoms with Gasteiger partial charge in [-0.1, -0.05) is 12.1 Å². The first kappa shape index (κ1) is 15.9. The largest absolute Gasteiger partial charge is 0.481 e. The molecule has 20 heavy (non-hydrogen) atoms. The smallest absolute Gasteiger partial charge is 0.315 e. The van der Waals surface area contributed by atoms with Crippen LogP contribution in [0, 0.1) is 5.82 Å². The zero-order valence-electron chi connectivity index (χ0n) is 11.1. The zero-order valence-corrected chi connectivity index (χ0v) is 11.1. The molecule has 0 saturated carbocycles. The Morgan fingerprint density at radius 1 is 1.30 bits per heavy atom. The van der Waals surface area contributed by atoms with Crippen LogP contribution in [0.25, 0.3) is 0 Å². The predicted octanol–water partition coefficient (Wildman–Crippen LogP) is 1.11. The highest BCUT2D eigenvalue weighted by molar-refractivity contribution is 5.74. The molecule has 3 N–H and O–H groups in total. The number of carbonyl (C=O) groups is 2. The number of hydrogen-bond donors (Lipinski definition) is 3. The number of methoxy groups -OCH3 is 1. The third kappa shape index (κ3) is 6.14. The summed E-state index contributed by atoms with van der Waals surface area (Å²) >= 11 is 0. The summed E-state index contributed by atoms with van der Waals surface area (Å²) in [5.41, 5.74) is 0.760. The van der Waals surface area contributed by atoms with Gasteiger partial charge in [-0.05, 0) is 17.7 Å². The number of halogens is 1. The number of hydrogen-bond acceptors (Lipinski definition) is 3. The van der Waals surface area contributed by atoms with Crippen LogP contribution in [0.3, 0.4) is 0 Å². The minimum Gasteiger partial charge on any atom is -0.481 e. The molecule has 0 bridgehead atoms. The second kappa shape index (κ2) is 8.11. The van der Waals surface area contributed by atoms with Gasteiger partial charge in [0.1, 0.15) is 5.82 Å². The number of rotatable bonds is 7. The molecule has 1 aromatic carbocycles. The fraction of sp³-hybridized carbons (Fsp3) is 0.385. The number of amides is 2. The molecule has 6 nitrogen and oxygen atoms in total. The molecule has 0 fully saturated rings. The molecule has 7 heteroatoms. The lowest BCUT2D eigenvalue weighted by Crippen LogP contribution is -2.40. The Hall–Kier alpha value is -2.15. The van der Waals surface area contributed by atoms with Crippen LogP contribution in [0.5, 0.6) is 0 Å². The van der Waals surface area contributed by atoms with E-state index >= 15 is 0 Å². The first-order valence-electron chi connectivity index (χ1n) is 6.02. The highest BCUT2D eigenvalue weighted by Gasteiger charge is 2.13. The van der Waals surface area contributed by atoms with E-state index in [0.717, 1.165) is 5.56 Å². The molecule has 0 spiro atoms. The number of aliphatic carboxylic acids is 1. The number of nitrogens with one attached hydrogen (secondary N) is 2. The summed E-state index contributed by atoms with van der Waals surface area (Å²) in [5, 5.41) is 13.7. The van der Waals surface area contributed by atoms with Crippen molar-refractivity contribution >= 4 is 12.0 Å². The number of urea groups is 1. The Kier molecular flexibility index (Phi) is 6.45. The van der Waals surface area contributed by atoms with Crippen LogP contribution >= 0.6 is 0 Å². The van der Waals surface area contributed by atoms with Crippen molar-refractivity contribution in [3.8, 4) is 0 Å². The molecule has 1 rings (SSSR count). The number of carbonyl (C=O) groups excluding carboxylic acids is 1. The maximum absolute atomic E-state index is 12.7. The maximum atomic E-state index is 12.7. The molecule has 110 valence electrons. The molecule has 1 atom stereocenters. The van der Waals surface area contributed by atoms with E-state index in [1.54, 1.807) is 12.1 Å². The van der Waals surface area contributed by atoms with Gasteiger partial charge >= 0.3 is 12.0 Å². The first-order valence-corrected chi connectivity index (χ1v) is 6.02. The minimum absolute atomic E-state index is 0.0953. The lowest BCUT2D eigenvalue weighted by molar-refractivity contribution is -0.139. The van der Waals surface area contributed by atoms with Crippen LogP contribution in [-0.2, 0) is 16.1 Å². The van der Waals surface area contributed by atoms with Crippen LogP contribution in [0.15, 0.2) is 24.3 Å². The summed E-state index contributed by atoms with van der Waals surface area (Å²) in [6, 6.07) is 5.31. The fourth-order valence-corrected chi connectivity index (χ4v) is 1.49. The Labute approximate surface area is 115 Å². The average Bonchev–Trinajstić information content (AvgIpc) is 2.42. The number of ether oxygens (including phenoxy) is 1. The van der Waals surface area contributed by atoms with Crippen LogP contribution in [0.4, 0.5) is 9.18 Å². The summed E-state index contributed by atoms with van der Waals surface area (Å²) in [7, 11) is 1.38. The predicted molar refractivity (Wildman–Crippen MR) is 69.7 cm³/mol. The van der Waals surface area contributed by atoms with Crippen LogP contribution in [0.1, 0.15) is 12.0 Å². The van der Waals surface area contributed by atoms with E-state index in [4.69, 9.17) is 9.84 Å². The van der Waals surface area contributed by atoms with Gasteiger partial charge in [-0.3, -0.25) is 4.79 Å². The normalized spacial score (nSPS) is 11.7. The van der Waals surface area contributed by atoms with Gasteiger partial charge in [0.15, 0.2) is 0 Å². The van der Waals surface area contributed by atoms with Crippen molar-refractivity contribution < 1.29 is 23.8 Å². The highest BCUT2D eigenvalue weighted by Crippen LogP contribution is 2.02. The van der Waals surface area contributed by atoms with Gasteiger partial charge in [0.2, 0.25) is 0 Å². The topological polar surface area (TPSA) is 87.7 Å². The second-order valence-electron chi connectivity index (χ2n) is 4.15. The zero-order chi connectivity index (χ0) is 15.0. The van der Waals surface area contributed by atoms with E-state index in [-0.39, 0.29) is 25.3 Å². The summed E-state index contributed by atoms with van der Waals surface area (Å²) in [6.45, 7) is 0.348. The third-order valence-corrected chi connectivity index (χ3v) is 2.59. The van der Waals surface area contributed by atoms with Gasteiger partial charge in [-0.25, -0.2) is 9.18 Å². The fourth-order valence-electron chi connectivity index (χ4n) is 1.49. The van der Waals surface area contributed by atoms with Gasteiger partial charge < -0.3 is 20.5 Å². The molecular formula is C13H17FN2O4. The monoisotopic (exact) mass is 284 g/mol. The summed E-state index contributed by atoms with van der Waals surface area (Å²) in [4.78, 5) is 22.0. The molecule has 0 aliphatic carbocycles. The van der Waals surface area contributed by atoms with Crippen molar-refractivity contribution in [3.05, 3.63) is 35.6 Å². The first-order chi connectivity index (χ1) is 9.51. The molecular weight excluding hydrogens is 267 g/mol. The van der Waals surface area contributed by atoms with Gasteiger partial charge in [-0.2, -0.15) is 0 Å². The summed E-state index contributed by atoms with van der Waals surface area (Å²) in [6.07, 6.45) is -0.765. The average molecular weight is 284 g/mol. The SMILES string of the molecule is COC(CNC(=O)NCc1ccc(F)cc1)CC(=O)O. The van der Waals surface area contributed by atoms with E-state index in [2.05, 4.69) is 10.6 Å². The molecule has 0 radical (unpaired) electrons. The van der Waals surface area contributed by atoms with Crippen molar-refractivity contribution in [2.45, 2.75) is 19.1 Å². The summed E-state index contributed by atoms with van der Waals surface area (Å²) in [5.74, 6) is -1.33. The van der Waals surface area contributed by atoms with Crippen molar-refractivity contribution in [2.75, 3.05) is 13.7 Å². The van der Waals surface area contributed by atoms with Crippen molar-refractivity contribution in [1.82, 2.24) is 10.6 Å². The van der Waals surface area contributed by atoms with Crippen molar-refractivity contribution in [1.29, 1.82) is 0 Å². The number of carboxylic acids is 1. The Morgan fingerprint density at radius 3 is 2.50 bits per heavy atom. The van der Waals surface area contributed by atoms with E-state index in [0.29, 0.717) is 0 Å². The van der Waals surface area contributed by atoms with Gasteiger partial charge in [0, 0.05) is 20.2 Å². The van der Waals surface area contributed by atoms with Gasteiger partial charge in [0.25, 0.3) is 0 Å². The minimum atomic E-state index is -0.995. The number of carboxylic acid groups (broad SMARTS) is 1. The molecule has 0 aliphatic rings. The quantitative estimate of drug-likeness (QED) is 0.700. The van der Waals surface area contributed by atoms with Crippen LogP contribution < -0.4 is 10.6 Å². The van der Waals surface area contributed by atoms with E-state index < -0.39 is 18.1 Å². The molecule has 0 heterocycles. The van der Waals surface area contributed by atoms with Gasteiger partial charge in [-0.15, -0.1) is 0 Å². The van der Waals surface area contributed by atoms with Crippen LogP contribution in [-0.4, -0.2) is 36.9 Å². The lowest BCUT2D eigenvalue weighted by atomic mass is 10.2. The Morgan fingerprint density at radius 2 is 1.95 bits per heavy atom. The highest BCUT2D eigenvalue weighted by atomic mass is 19.1. The van der Waals surface area contributed by atoms with Gasteiger partial charge in [0.05, 0.1) is 12.5 Å². The van der Waals surface area contributed by atoms with Crippen molar-refractivity contribution in [3.63, 3.8) is 0 Å². The molecule has 2 amide bonds. The van der Waals surface area contributed by atoms with Crippen molar-refractivity contribution in [2.24, 2.45) is 0 Å². The summed E-state index contributed by atoms with van der Waals surface area (Å²) < 4.78 is 17.6. The Balaban J connectivity index is 2.29. The second-order valence-corrected chi connectivity index (χ2v) is 4.15.